The van der Waals surface area contributed by atoms with E-state index in [2.05, 4.69) is 5.32 Å². The number of aromatic hydroxyl groups is 1. The van der Waals surface area contributed by atoms with Gasteiger partial charge in [0.05, 0.1) is 5.02 Å². The Bertz CT molecular complexity index is 416. The quantitative estimate of drug-likeness (QED) is 0.854. The van der Waals surface area contributed by atoms with E-state index in [0.717, 1.165) is 31.5 Å². The SMILES string of the molecule is Cc1cc(CC2CCCNC2)c(F)c(O)c1Cl. The van der Waals surface area contributed by atoms with E-state index in [9.17, 15) is 9.50 Å². The lowest BCUT2D eigenvalue weighted by molar-refractivity contribution is 0.367. The first-order valence-corrected chi connectivity index (χ1v) is 6.34. The van der Waals surface area contributed by atoms with Gasteiger partial charge in [0.2, 0.25) is 0 Å². The summed E-state index contributed by atoms with van der Waals surface area (Å²) in [7, 11) is 0. The normalized spacial score (nSPS) is 20.5. The third-order valence-corrected chi connectivity index (χ3v) is 3.82. The molecule has 2 rings (SSSR count). The number of hydrogen-bond donors (Lipinski definition) is 2. The molecule has 1 heterocycles. The molecule has 94 valence electrons. The highest BCUT2D eigenvalue weighted by molar-refractivity contribution is 6.32. The minimum atomic E-state index is -0.564. The first kappa shape index (κ1) is 12.7. The minimum absolute atomic E-state index is 0.119. The van der Waals surface area contributed by atoms with Crippen molar-refractivity contribution in [2.75, 3.05) is 13.1 Å². The molecule has 1 aliphatic rings. The summed E-state index contributed by atoms with van der Waals surface area (Å²) in [4.78, 5) is 0. The summed E-state index contributed by atoms with van der Waals surface area (Å²) in [5.74, 6) is -0.533. The molecule has 0 aliphatic carbocycles. The van der Waals surface area contributed by atoms with Crippen LogP contribution in [0.15, 0.2) is 6.07 Å². The number of piperidine rings is 1. The summed E-state index contributed by atoms with van der Waals surface area (Å²) in [6, 6.07) is 1.74. The largest absolute Gasteiger partial charge is 0.504 e. The van der Waals surface area contributed by atoms with E-state index < -0.39 is 11.6 Å². The molecule has 4 heteroatoms. The second kappa shape index (κ2) is 5.23. The zero-order chi connectivity index (χ0) is 12.4. The molecule has 2 nitrogen and oxygen atoms in total. The van der Waals surface area contributed by atoms with Crippen LogP contribution in [0.2, 0.25) is 5.02 Å². The smallest absolute Gasteiger partial charge is 0.170 e. The Hall–Kier alpha value is -0.800. The molecule has 1 fully saturated rings. The summed E-state index contributed by atoms with van der Waals surface area (Å²) < 4.78 is 13.8. The van der Waals surface area contributed by atoms with Crippen molar-refractivity contribution >= 4 is 11.6 Å². The highest BCUT2D eigenvalue weighted by atomic mass is 35.5. The zero-order valence-corrected chi connectivity index (χ0v) is 10.6. The van der Waals surface area contributed by atoms with Crippen LogP contribution in [0.5, 0.6) is 5.75 Å². The van der Waals surface area contributed by atoms with E-state index in [0.29, 0.717) is 17.9 Å². The number of benzene rings is 1. The van der Waals surface area contributed by atoms with E-state index >= 15 is 0 Å². The second-order valence-corrected chi connectivity index (χ2v) is 5.12. The third-order valence-electron chi connectivity index (χ3n) is 3.34. The number of aryl methyl sites for hydroxylation is 1. The maximum absolute atomic E-state index is 13.8. The maximum Gasteiger partial charge on any atom is 0.170 e. The van der Waals surface area contributed by atoms with Crippen LogP contribution >= 0.6 is 11.6 Å². The lowest BCUT2D eigenvalue weighted by atomic mass is 9.91. The molecule has 0 radical (unpaired) electrons. The molecule has 1 aromatic rings. The predicted molar refractivity (Wildman–Crippen MR) is 67.1 cm³/mol. The Morgan fingerprint density at radius 3 is 3.00 bits per heavy atom. The number of rotatable bonds is 2. The Morgan fingerprint density at radius 2 is 2.35 bits per heavy atom. The number of phenols is 1. The van der Waals surface area contributed by atoms with Gasteiger partial charge in [-0.2, -0.15) is 0 Å². The van der Waals surface area contributed by atoms with Gasteiger partial charge in [0, 0.05) is 0 Å². The van der Waals surface area contributed by atoms with Crippen LogP contribution in [0, 0.1) is 18.7 Å². The molecule has 1 saturated heterocycles. The fraction of sp³-hybridized carbons (Fsp3) is 0.538. The van der Waals surface area contributed by atoms with Crippen molar-refractivity contribution in [3.05, 3.63) is 28.0 Å². The zero-order valence-electron chi connectivity index (χ0n) is 9.89. The average Bonchev–Trinajstić information content (AvgIpc) is 2.35. The molecule has 17 heavy (non-hydrogen) atoms. The topological polar surface area (TPSA) is 32.3 Å². The van der Waals surface area contributed by atoms with Crippen LogP contribution in [-0.2, 0) is 6.42 Å². The lowest BCUT2D eigenvalue weighted by Crippen LogP contribution is -2.31. The van der Waals surface area contributed by atoms with Gasteiger partial charge in [-0.3, -0.25) is 0 Å². The molecular formula is C13H17ClFNO. The van der Waals surface area contributed by atoms with E-state index in [1.54, 1.807) is 13.0 Å². The van der Waals surface area contributed by atoms with Gasteiger partial charge in [-0.1, -0.05) is 17.7 Å². The van der Waals surface area contributed by atoms with Crippen molar-refractivity contribution < 1.29 is 9.50 Å². The summed E-state index contributed by atoms with van der Waals surface area (Å²) in [6.07, 6.45) is 2.89. The van der Waals surface area contributed by atoms with Gasteiger partial charge in [-0.05, 0) is 56.3 Å². The number of phenolic OH excluding ortho intramolecular Hbond substituents is 1. The van der Waals surface area contributed by atoms with Crippen LogP contribution < -0.4 is 5.32 Å². The fourth-order valence-electron chi connectivity index (χ4n) is 2.38. The van der Waals surface area contributed by atoms with E-state index in [4.69, 9.17) is 11.6 Å². The van der Waals surface area contributed by atoms with Crippen molar-refractivity contribution in [1.29, 1.82) is 0 Å². The Morgan fingerprint density at radius 1 is 1.59 bits per heavy atom. The molecule has 1 aliphatic heterocycles. The van der Waals surface area contributed by atoms with Crippen molar-refractivity contribution in [1.82, 2.24) is 5.32 Å². The van der Waals surface area contributed by atoms with Crippen molar-refractivity contribution in [2.45, 2.75) is 26.2 Å². The molecular weight excluding hydrogens is 241 g/mol. The van der Waals surface area contributed by atoms with E-state index in [1.165, 1.54) is 0 Å². The minimum Gasteiger partial charge on any atom is -0.504 e. The van der Waals surface area contributed by atoms with Gasteiger partial charge >= 0.3 is 0 Å². The lowest BCUT2D eigenvalue weighted by Gasteiger charge is -2.23. The van der Waals surface area contributed by atoms with Gasteiger partial charge in [-0.25, -0.2) is 4.39 Å². The standard InChI is InChI=1S/C13H17ClFNO/c1-8-5-10(12(15)13(17)11(8)14)6-9-3-2-4-16-7-9/h5,9,16-17H,2-4,6-7H2,1H3. The fourth-order valence-corrected chi connectivity index (χ4v) is 2.52. The van der Waals surface area contributed by atoms with Crippen molar-refractivity contribution in [3.8, 4) is 5.75 Å². The Kier molecular flexibility index (Phi) is 3.89. The molecule has 1 atom stereocenters. The van der Waals surface area contributed by atoms with Crippen LogP contribution in [-0.4, -0.2) is 18.2 Å². The average molecular weight is 258 g/mol. The van der Waals surface area contributed by atoms with Gasteiger partial charge in [0.25, 0.3) is 0 Å². The molecule has 0 aromatic heterocycles. The van der Waals surface area contributed by atoms with E-state index in [1.807, 2.05) is 0 Å². The number of nitrogens with one attached hydrogen (secondary N) is 1. The molecule has 2 N–H and O–H groups in total. The van der Waals surface area contributed by atoms with Crippen LogP contribution in [0.4, 0.5) is 4.39 Å². The maximum atomic E-state index is 13.8. The Labute approximate surface area is 106 Å². The van der Waals surface area contributed by atoms with Crippen LogP contribution in [0.1, 0.15) is 24.0 Å². The monoisotopic (exact) mass is 257 g/mol. The summed E-state index contributed by atoms with van der Waals surface area (Å²) in [5.41, 5.74) is 1.29. The molecule has 0 amide bonds. The van der Waals surface area contributed by atoms with Crippen LogP contribution in [0.3, 0.4) is 0 Å². The first-order chi connectivity index (χ1) is 8.09. The van der Waals surface area contributed by atoms with Gasteiger partial charge in [0.1, 0.15) is 0 Å². The molecule has 1 unspecified atom stereocenters. The summed E-state index contributed by atoms with van der Waals surface area (Å²) >= 11 is 5.80. The molecule has 0 bridgehead atoms. The van der Waals surface area contributed by atoms with E-state index in [-0.39, 0.29) is 5.02 Å². The summed E-state index contributed by atoms with van der Waals surface area (Å²) in [6.45, 7) is 3.75. The second-order valence-electron chi connectivity index (χ2n) is 4.75. The highest BCUT2D eigenvalue weighted by Crippen LogP contribution is 2.33. The number of hydrogen-bond acceptors (Lipinski definition) is 2. The molecule has 0 spiro atoms. The summed E-state index contributed by atoms with van der Waals surface area (Å²) in [5, 5.41) is 13.0. The van der Waals surface area contributed by atoms with Crippen molar-refractivity contribution in [3.63, 3.8) is 0 Å². The Balaban J connectivity index is 2.20. The van der Waals surface area contributed by atoms with Crippen molar-refractivity contribution in [2.24, 2.45) is 5.92 Å². The van der Waals surface area contributed by atoms with Gasteiger partial charge in [-0.15, -0.1) is 0 Å². The number of halogens is 2. The predicted octanol–water partition coefficient (Wildman–Crippen LogP) is 3.04. The third kappa shape index (κ3) is 2.72. The van der Waals surface area contributed by atoms with Gasteiger partial charge < -0.3 is 10.4 Å². The highest BCUT2D eigenvalue weighted by Gasteiger charge is 2.19. The molecule has 1 aromatic carbocycles. The first-order valence-electron chi connectivity index (χ1n) is 5.96. The molecule has 0 saturated carbocycles. The van der Waals surface area contributed by atoms with Gasteiger partial charge in [0.15, 0.2) is 11.6 Å². The van der Waals surface area contributed by atoms with Crippen LogP contribution in [0.25, 0.3) is 0 Å².